The molecule has 1 aromatic carbocycles. The highest BCUT2D eigenvalue weighted by molar-refractivity contribution is 6.00. The lowest BCUT2D eigenvalue weighted by atomic mass is 9.51. The van der Waals surface area contributed by atoms with Crippen LogP contribution in [-0.2, 0) is 44.7 Å². The van der Waals surface area contributed by atoms with Gasteiger partial charge in [0.25, 0.3) is 0 Å². The molecular weight excluding hydrogens is 484 g/mol. The van der Waals surface area contributed by atoms with Crippen LogP contribution < -0.4 is 0 Å². The summed E-state index contributed by atoms with van der Waals surface area (Å²) in [4.78, 5) is 39.8. The Bertz CT molecular complexity index is 1280. The SMILES string of the molecule is CC1=C2C(OC1=O)[C@H](O)C13C4OC(=O)[C@]21O[C@@H]1OC(=O)[C@H](OCc2ccccc2)C13[C@H](C(C)(C)C)[C@H]4O. The van der Waals surface area contributed by atoms with Gasteiger partial charge in [-0.2, -0.15) is 0 Å². The topological polar surface area (TPSA) is 138 Å². The molecule has 4 aliphatic heterocycles. The van der Waals surface area contributed by atoms with Crippen LogP contribution in [0.1, 0.15) is 33.3 Å². The predicted octanol–water partition coefficient (Wildman–Crippen LogP) is 0.775. The van der Waals surface area contributed by atoms with Crippen molar-refractivity contribution in [3.63, 3.8) is 0 Å². The van der Waals surface area contributed by atoms with Gasteiger partial charge >= 0.3 is 17.9 Å². The molecule has 2 saturated carbocycles. The third-order valence-corrected chi connectivity index (χ3v) is 9.53. The third-order valence-electron chi connectivity index (χ3n) is 9.53. The predicted molar refractivity (Wildman–Crippen MR) is 121 cm³/mol. The molecule has 4 heterocycles. The molecule has 10 heteroatoms. The van der Waals surface area contributed by atoms with E-state index < -0.39 is 82.5 Å². The summed E-state index contributed by atoms with van der Waals surface area (Å²) in [5, 5.41) is 23.8. The summed E-state index contributed by atoms with van der Waals surface area (Å²) < 4.78 is 29.9. The van der Waals surface area contributed by atoms with Crippen LogP contribution in [0.4, 0.5) is 0 Å². The van der Waals surface area contributed by atoms with E-state index in [0.29, 0.717) is 0 Å². The highest BCUT2D eigenvalue weighted by Crippen LogP contribution is 2.83. The number of aliphatic hydroxyl groups is 2. The monoisotopic (exact) mass is 512 g/mol. The van der Waals surface area contributed by atoms with Crippen molar-refractivity contribution in [3.8, 4) is 0 Å². The van der Waals surface area contributed by atoms with Gasteiger partial charge in [0.05, 0.1) is 23.5 Å². The van der Waals surface area contributed by atoms with E-state index in [9.17, 15) is 24.6 Å². The molecule has 3 saturated heterocycles. The van der Waals surface area contributed by atoms with E-state index in [1.807, 2.05) is 51.1 Å². The second-order valence-corrected chi connectivity index (χ2v) is 12.0. The van der Waals surface area contributed by atoms with Crippen LogP contribution in [0.2, 0.25) is 0 Å². The zero-order valence-electron chi connectivity index (χ0n) is 20.8. The number of rotatable bonds is 3. The Labute approximate surface area is 212 Å². The molecule has 2 aliphatic carbocycles. The van der Waals surface area contributed by atoms with E-state index in [1.54, 1.807) is 0 Å². The lowest BCUT2D eigenvalue weighted by molar-refractivity contribution is -0.195. The molecule has 6 aliphatic rings. The van der Waals surface area contributed by atoms with Crippen molar-refractivity contribution < 1.29 is 48.3 Å². The molecule has 196 valence electrons. The Morgan fingerprint density at radius 3 is 2.41 bits per heavy atom. The van der Waals surface area contributed by atoms with Crippen molar-refractivity contribution in [1.29, 1.82) is 0 Å². The van der Waals surface area contributed by atoms with Crippen molar-refractivity contribution in [3.05, 3.63) is 47.0 Å². The summed E-state index contributed by atoms with van der Waals surface area (Å²) in [5.74, 6) is -2.99. The number of ether oxygens (including phenoxy) is 5. The molecule has 1 aromatic rings. The number of hydrogen-bond acceptors (Lipinski definition) is 10. The number of aliphatic hydroxyl groups excluding tert-OH is 2. The van der Waals surface area contributed by atoms with Gasteiger partial charge in [-0.05, 0) is 17.9 Å². The van der Waals surface area contributed by atoms with Gasteiger partial charge in [0, 0.05) is 17.1 Å². The quantitative estimate of drug-likeness (QED) is 0.441. The van der Waals surface area contributed by atoms with Gasteiger partial charge in [-0.25, -0.2) is 14.4 Å². The van der Waals surface area contributed by atoms with Crippen molar-refractivity contribution in [2.45, 2.75) is 76.7 Å². The zero-order valence-corrected chi connectivity index (χ0v) is 20.8. The first-order chi connectivity index (χ1) is 17.5. The second-order valence-electron chi connectivity index (χ2n) is 12.0. The summed E-state index contributed by atoms with van der Waals surface area (Å²) in [5.41, 5.74) is -4.77. The van der Waals surface area contributed by atoms with Crippen molar-refractivity contribution in [2.75, 3.05) is 0 Å². The minimum absolute atomic E-state index is 0.0425. The molecule has 37 heavy (non-hydrogen) atoms. The maximum atomic E-state index is 13.7. The Balaban J connectivity index is 1.50. The van der Waals surface area contributed by atoms with Gasteiger partial charge in [-0.1, -0.05) is 51.1 Å². The summed E-state index contributed by atoms with van der Waals surface area (Å²) in [6.07, 6.45) is -7.86. The Kier molecular flexibility index (Phi) is 4.29. The van der Waals surface area contributed by atoms with Gasteiger partial charge in [-0.15, -0.1) is 0 Å². The lowest BCUT2D eigenvalue weighted by Crippen LogP contribution is -2.63. The van der Waals surface area contributed by atoms with Crippen molar-refractivity contribution in [1.82, 2.24) is 0 Å². The zero-order chi connectivity index (χ0) is 26.3. The largest absolute Gasteiger partial charge is 0.456 e. The van der Waals surface area contributed by atoms with Crippen molar-refractivity contribution >= 4 is 17.9 Å². The average molecular weight is 513 g/mol. The van der Waals surface area contributed by atoms with Crippen LogP contribution in [0.25, 0.3) is 0 Å². The minimum atomic E-state index is -1.97. The molecule has 5 fully saturated rings. The normalized spacial score (nSPS) is 47.0. The molecule has 2 N–H and O–H groups in total. The fourth-order valence-electron chi connectivity index (χ4n) is 8.73. The minimum Gasteiger partial charge on any atom is -0.456 e. The second kappa shape index (κ2) is 6.79. The van der Waals surface area contributed by atoms with Gasteiger partial charge < -0.3 is 33.9 Å². The summed E-state index contributed by atoms with van der Waals surface area (Å²) in [6.45, 7) is 7.24. The van der Waals surface area contributed by atoms with E-state index >= 15 is 0 Å². The van der Waals surface area contributed by atoms with E-state index in [1.165, 1.54) is 6.92 Å². The van der Waals surface area contributed by atoms with E-state index in [4.69, 9.17) is 23.7 Å². The number of hydrogen-bond donors (Lipinski definition) is 2. The maximum Gasteiger partial charge on any atom is 0.344 e. The Morgan fingerprint density at radius 2 is 1.73 bits per heavy atom. The van der Waals surface area contributed by atoms with Crippen LogP contribution in [-0.4, -0.2) is 70.5 Å². The molecule has 2 spiro atoms. The first-order valence-electron chi connectivity index (χ1n) is 12.5. The molecule has 0 amide bonds. The smallest absolute Gasteiger partial charge is 0.344 e. The first kappa shape index (κ1) is 23.3. The van der Waals surface area contributed by atoms with Gasteiger partial charge in [0.1, 0.15) is 12.2 Å². The Morgan fingerprint density at radius 1 is 1.03 bits per heavy atom. The molecule has 0 aromatic heterocycles. The van der Waals surface area contributed by atoms with Crippen LogP contribution >= 0.6 is 0 Å². The summed E-state index contributed by atoms with van der Waals surface area (Å²) >= 11 is 0. The number of carbonyl (C=O) groups is 3. The number of esters is 3. The average Bonchev–Trinajstić information content (AvgIpc) is 3.55. The standard InChI is InChI=1S/C27H28O10/c1-11-13-15(34-20(11)30)17(29)26-18-14(28)16(24(2,3)4)25(26)19(33-10-12-8-6-5-7-9-12)21(31)36-23(25)37-27(13,26)22(32)35-18/h5-9,14-19,23,28-29H,10H2,1-4H3/t14-,15?,16+,17+,18?,19+,23+,25?,26?,27-/m1/s1. The molecule has 10 atom stereocenters. The highest BCUT2D eigenvalue weighted by Gasteiger charge is 3.01. The highest BCUT2D eigenvalue weighted by atomic mass is 16.8. The Hall–Kier alpha value is -2.79. The summed E-state index contributed by atoms with van der Waals surface area (Å²) in [6, 6.07) is 9.25. The van der Waals surface area contributed by atoms with Crippen LogP contribution in [0, 0.1) is 22.2 Å². The molecule has 0 bridgehead atoms. The number of benzene rings is 1. The van der Waals surface area contributed by atoms with Crippen molar-refractivity contribution in [2.24, 2.45) is 22.2 Å². The summed E-state index contributed by atoms with van der Waals surface area (Å²) in [7, 11) is 0. The van der Waals surface area contributed by atoms with E-state index in [2.05, 4.69) is 0 Å². The van der Waals surface area contributed by atoms with E-state index in [-0.39, 0.29) is 17.8 Å². The molecule has 0 radical (unpaired) electrons. The van der Waals surface area contributed by atoms with Gasteiger partial charge in [-0.3, -0.25) is 0 Å². The third kappa shape index (κ3) is 2.20. The fraction of sp³-hybridized carbons (Fsp3) is 0.593. The van der Waals surface area contributed by atoms with Gasteiger partial charge in [0.15, 0.2) is 12.2 Å². The fourth-order valence-corrected chi connectivity index (χ4v) is 8.73. The molecular formula is C27H28O10. The van der Waals surface area contributed by atoms with Gasteiger partial charge in [0.2, 0.25) is 11.9 Å². The number of fused-ring (bicyclic) bond motifs is 1. The maximum absolute atomic E-state index is 13.7. The lowest BCUT2D eigenvalue weighted by Gasteiger charge is -2.48. The van der Waals surface area contributed by atoms with Crippen LogP contribution in [0.15, 0.2) is 41.5 Å². The van der Waals surface area contributed by atoms with E-state index in [0.717, 1.165) is 5.56 Å². The molecule has 4 unspecified atom stereocenters. The van der Waals surface area contributed by atoms with Crippen LogP contribution in [0.5, 0.6) is 0 Å². The molecule has 7 rings (SSSR count). The number of carbonyl (C=O) groups excluding carboxylic acids is 3. The molecule has 10 nitrogen and oxygen atoms in total. The first-order valence-corrected chi connectivity index (χ1v) is 12.5. The van der Waals surface area contributed by atoms with Crippen LogP contribution in [0.3, 0.4) is 0 Å².